The molecule has 6 nitrogen and oxygen atoms in total. The van der Waals surface area contributed by atoms with Crippen LogP contribution in [0.25, 0.3) is 0 Å². The van der Waals surface area contributed by atoms with Gasteiger partial charge in [-0.1, -0.05) is 30.3 Å². The fourth-order valence-corrected chi connectivity index (χ4v) is 4.92. The lowest BCUT2D eigenvalue weighted by atomic mass is 9.87. The van der Waals surface area contributed by atoms with Crippen molar-refractivity contribution in [2.45, 2.75) is 38.3 Å². The molecule has 0 heterocycles. The van der Waals surface area contributed by atoms with Crippen LogP contribution in [0.3, 0.4) is 0 Å². The molecular formula is C21H26N2O4S. The predicted molar refractivity (Wildman–Crippen MR) is 110 cm³/mol. The monoisotopic (exact) mass is 402 g/mol. The van der Waals surface area contributed by atoms with E-state index in [0.29, 0.717) is 11.4 Å². The van der Waals surface area contributed by atoms with Gasteiger partial charge in [-0.3, -0.25) is 9.10 Å². The zero-order chi connectivity index (χ0) is 20.3. The molecule has 0 aliphatic heterocycles. The predicted octanol–water partition coefficient (Wildman–Crippen LogP) is 3.04. The van der Waals surface area contributed by atoms with Gasteiger partial charge in [-0.2, -0.15) is 0 Å². The number of fused-ring (bicyclic) bond motifs is 1. The number of nitrogens with one attached hydrogen (secondary N) is 1. The smallest absolute Gasteiger partial charge is 0.244 e. The maximum atomic E-state index is 13.0. The molecule has 3 rings (SSSR count). The molecule has 1 aliphatic rings. The summed E-state index contributed by atoms with van der Waals surface area (Å²) in [6.07, 6.45) is 3.93. The first-order valence-corrected chi connectivity index (χ1v) is 11.2. The Labute approximate surface area is 166 Å². The molecule has 1 amide bonds. The largest absolute Gasteiger partial charge is 0.497 e. The quantitative estimate of drug-likeness (QED) is 0.806. The average molecular weight is 403 g/mol. The Morgan fingerprint density at radius 1 is 1.21 bits per heavy atom. The van der Waals surface area contributed by atoms with Crippen LogP contribution in [0.4, 0.5) is 5.69 Å². The number of nitrogens with zero attached hydrogens (tertiary/aromatic N) is 1. The van der Waals surface area contributed by atoms with Crippen molar-refractivity contribution in [3.05, 3.63) is 59.7 Å². The molecule has 2 atom stereocenters. The van der Waals surface area contributed by atoms with Gasteiger partial charge in [0.25, 0.3) is 0 Å². The van der Waals surface area contributed by atoms with Crippen molar-refractivity contribution < 1.29 is 17.9 Å². The Hall–Kier alpha value is -2.54. The van der Waals surface area contributed by atoms with Crippen molar-refractivity contribution >= 4 is 21.6 Å². The third-order valence-electron chi connectivity index (χ3n) is 5.08. The van der Waals surface area contributed by atoms with Crippen LogP contribution >= 0.6 is 0 Å². The maximum absolute atomic E-state index is 13.0. The Morgan fingerprint density at radius 3 is 2.68 bits per heavy atom. The topological polar surface area (TPSA) is 75.7 Å². The molecule has 0 saturated carbocycles. The van der Waals surface area contributed by atoms with E-state index >= 15 is 0 Å². The number of rotatable bonds is 6. The van der Waals surface area contributed by atoms with Gasteiger partial charge in [-0.25, -0.2) is 8.42 Å². The van der Waals surface area contributed by atoms with Gasteiger partial charge in [0.2, 0.25) is 15.9 Å². The fraction of sp³-hybridized carbons (Fsp3) is 0.381. The highest BCUT2D eigenvalue weighted by Gasteiger charge is 2.31. The molecular weight excluding hydrogens is 376 g/mol. The SMILES string of the molecule is COc1cccc(N([C@@H](C)C(=O)N[C@@H]2CCCc3ccccc32)S(C)(=O)=O)c1. The van der Waals surface area contributed by atoms with E-state index in [9.17, 15) is 13.2 Å². The van der Waals surface area contributed by atoms with E-state index in [-0.39, 0.29) is 11.9 Å². The Morgan fingerprint density at radius 2 is 1.96 bits per heavy atom. The Balaban J connectivity index is 1.85. The number of benzene rings is 2. The third-order valence-corrected chi connectivity index (χ3v) is 6.32. The molecule has 0 aromatic heterocycles. The normalized spacial score (nSPS) is 17.3. The van der Waals surface area contributed by atoms with E-state index in [1.165, 1.54) is 12.7 Å². The lowest BCUT2D eigenvalue weighted by Crippen LogP contribution is -2.49. The molecule has 28 heavy (non-hydrogen) atoms. The minimum atomic E-state index is -3.67. The van der Waals surface area contributed by atoms with Crippen LogP contribution in [0.2, 0.25) is 0 Å². The number of carbonyl (C=O) groups is 1. The van der Waals surface area contributed by atoms with Crippen LogP contribution in [0.1, 0.15) is 36.9 Å². The van der Waals surface area contributed by atoms with Crippen LogP contribution in [0, 0.1) is 0 Å². The summed E-state index contributed by atoms with van der Waals surface area (Å²) in [5.41, 5.74) is 2.74. The molecule has 0 saturated heterocycles. The molecule has 1 N–H and O–H groups in total. The number of aryl methyl sites for hydroxylation is 1. The minimum absolute atomic E-state index is 0.105. The lowest BCUT2D eigenvalue weighted by Gasteiger charge is -2.31. The summed E-state index contributed by atoms with van der Waals surface area (Å²) in [5.74, 6) is 0.204. The molecule has 0 bridgehead atoms. The molecule has 150 valence electrons. The van der Waals surface area contributed by atoms with E-state index in [4.69, 9.17) is 4.74 Å². The number of hydrogen-bond donors (Lipinski definition) is 1. The number of carbonyl (C=O) groups excluding carboxylic acids is 1. The molecule has 1 aliphatic carbocycles. The Bertz CT molecular complexity index is 958. The van der Waals surface area contributed by atoms with E-state index in [1.54, 1.807) is 31.2 Å². The summed E-state index contributed by atoms with van der Waals surface area (Å²) in [7, 11) is -2.16. The standard InChI is InChI=1S/C21H26N2O4S/c1-15(23(28(3,25)26)17-10-7-11-18(14-17)27-2)21(24)22-20-13-6-9-16-8-4-5-12-19(16)20/h4-5,7-8,10-12,14-15,20H,6,9,13H2,1-3H3,(H,22,24)/t15-,20+/m0/s1. The number of ether oxygens (including phenoxy) is 1. The van der Waals surface area contributed by atoms with Crippen LogP contribution in [-0.4, -0.2) is 33.7 Å². The van der Waals surface area contributed by atoms with Gasteiger partial charge in [0.15, 0.2) is 0 Å². The summed E-state index contributed by atoms with van der Waals surface area (Å²) in [6, 6.07) is 13.8. The second kappa shape index (κ2) is 8.22. The van der Waals surface area contributed by atoms with Crippen molar-refractivity contribution in [1.29, 1.82) is 0 Å². The first kappa shape index (κ1) is 20.2. The van der Waals surface area contributed by atoms with E-state index in [0.717, 1.165) is 35.4 Å². The molecule has 0 spiro atoms. The van der Waals surface area contributed by atoms with Gasteiger partial charge >= 0.3 is 0 Å². The highest BCUT2D eigenvalue weighted by Crippen LogP contribution is 2.30. The molecule has 0 radical (unpaired) electrons. The van der Waals surface area contributed by atoms with E-state index < -0.39 is 16.1 Å². The molecule has 2 aromatic rings. The van der Waals surface area contributed by atoms with Crippen molar-refractivity contribution in [1.82, 2.24) is 5.32 Å². The molecule has 7 heteroatoms. The number of methoxy groups -OCH3 is 1. The van der Waals surface area contributed by atoms with Crippen molar-refractivity contribution in [3.8, 4) is 5.75 Å². The first-order chi connectivity index (χ1) is 13.3. The van der Waals surface area contributed by atoms with Crippen LogP contribution in [-0.2, 0) is 21.2 Å². The fourth-order valence-electron chi connectivity index (χ4n) is 3.75. The molecule has 0 fully saturated rings. The summed E-state index contributed by atoms with van der Waals surface area (Å²) in [5, 5.41) is 3.05. The van der Waals surface area contributed by atoms with Gasteiger partial charge in [0.1, 0.15) is 11.8 Å². The van der Waals surface area contributed by atoms with Gasteiger partial charge in [0.05, 0.1) is 25.1 Å². The highest BCUT2D eigenvalue weighted by molar-refractivity contribution is 7.92. The zero-order valence-electron chi connectivity index (χ0n) is 16.4. The van der Waals surface area contributed by atoms with E-state index in [2.05, 4.69) is 11.4 Å². The van der Waals surface area contributed by atoms with Crippen molar-refractivity contribution in [2.75, 3.05) is 17.7 Å². The van der Waals surface area contributed by atoms with Crippen molar-refractivity contribution in [3.63, 3.8) is 0 Å². The number of sulfonamides is 1. The summed E-state index contributed by atoms with van der Waals surface area (Å²) in [4.78, 5) is 13.0. The molecule has 2 aromatic carbocycles. The van der Waals surface area contributed by atoms with Crippen LogP contribution < -0.4 is 14.4 Å². The van der Waals surface area contributed by atoms with Gasteiger partial charge in [0, 0.05) is 6.07 Å². The summed E-state index contributed by atoms with van der Waals surface area (Å²) in [6.45, 7) is 1.60. The maximum Gasteiger partial charge on any atom is 0.244 e. The highest BCUT2D eigenvalue weighted by atomic mass is 32.2. The van der Waals surface area contributed by atoms with Crippen LogP contribution in [0.15, 0.2) is 48.5 Å². The zero-order valence-corrected chi connectivity index (χ0v) is 17.2. The van der Waals surface area contributed by atoms with E-state index in [1.807, 2.05) is 18.2 Å². The third kappa shape index (κ3) is 4.30. The van der Waals surface area contributed by atoms with Crippen molar-refractivity contribution in [2.24, 2.45) is 0 Å². The summed E-state index contributed by atoms with van der Waals surface area (Å²) < 4.78 is 31.3. The number of hydrogen-bond acceptors (Lipinski definition) is 4. The van der Waals surface area contributed by atoms with Crippen LogP contribution in [0.5, 0.6) is 5.75 Å². The molecule has 0 unspecified atom stereocenters. The van der Waals surface area contributed by atoms with Gasteiger partial charge in [-0.05, 0) is 49.4 Å². The lowest BCUT2D eigenvalue weighted by molar-refractivity contribution is -0.122. The second-order valence-electron chi connectivity index (χ2n) is 7.09. The van der Waals surface area contributed by atoms with Gasteiger partial charge < -0.3 is 10.1 Å². The average Bonchev–Trinajstić information content (AvgIpc) is 2.67. The first-order valence-electron chi connectivity index (χ1n) is 9.33. The number of amides is 1. The Kier molecular flexibility index (Phi) is 5.93. The minimum Gasteiger partial charge on any atom is -0.497 e. The van der Waals surface area contributed by atoms with Gasteiger partial charge in [-0.15, -0.1) is 0 Å². The second-order valence-corrected chi connectivity index (χ2v) is 8.95. The number of anilines is 1. The summed E-state index contributed by atoms with van der Waals surface area (Å²) >= 11 is 0.